The molecule has 2 fully saturated rings. The summed E-state index contributed by atoms with van der Waals surface area (Å²) < 4.78 is 0. The smallest absolute Gasteiger partial charge is 0.241 e. The van der Waals surface area contributed by atoms with Gasteiger partial charge in [0.25, 0.3) is 0 Å². The third-order valence-electron chi connectivity index (χ3n) is 5.31. The van der Waals surface area contributed by atoms with Gasteiger partial charge in [-0.2, -0.15) is 0 Å². The third-order valence-corrected chi connectivity index (χ3v) is 5.31. The van der Waals surface area contributed by atoms with Gasteiger partial charge in [-0.05, 0) is 53.1 Å². The zero-order valence-electron chi connectivity index (χ0n) is 13.8. The van der Waals surface area contributed by atoms with Gasteiger partial charge in [0, 0.05) is 12.1 Å². The van der Waals surface area contributed by atoms with Gasteiger partial charge >= 0.3 is 0 Å². The Hall–Kier alpha value is -0.610. The van der Waals surface area contributed by atoms with Crippen LogP contribution in [0.5, 0.6) is 0 Å². The number of nitrogens with zero attached hydrogens (tertiary/aromatic N) is 2. The first kappa shape index (κ1) is 15.8. The van der Waals surface area contributed by atoms with E-state index in [1.165, 1.54) is 25.7 Å². The summed E-state index contributed by atoms with van der Waals surface area (Å²) in [6.07, 6.45) is 6.31. The minimum Gasteiger partial charge on any atom is -0.324 e. The van der Waals surface area contributed by atoms with Crippen molar-refractivity contribution in [3.8, 4) is 0 Å². The number of rotatable bonds is 5. The van der Waals surface area contributed by atoms with Crippen molar-refractivity contribution in [1.82, 2.24) is 15.1 Å². The lowest BCUT2D eigenvalue weighted by molar-refractivity contribution is -0.132. The van der Waals surface area contributed by atoms with Crippen molar-refractivity contribution in [2.75, 3.05) is 20.6 Å². The van der Waals surface area contributed by atoms with Gasteiger partial charge in [0.2, 0.25) is 5.91 Å². The first-order valence-electron chi connectivity index (χ1n) is 8.10. The van der Waals surface area contributed by atoms with Crippen molar-refractivity contribution in [3.05, 3.63) is 0 Å². The van der Waals surface area contributed by atoms with Crippen molar-refractivity contribution in [2.24, 2.45) is 5.92 Å². The van der Waals surface area contributed by atoms with Crippen LogP contribution in [-0.2, 0) is 4.79 Å². The van der Waals surface area contributed by atoms with Gasteiger partial charge in [0.1, 0.15) is 0 Å². The molecule has 1 saturated carbocycles. The summed E-state index contributed by atoms with van der Waals surface area (Å²) in [6, 6.07) is 0.0264. The SMILES string of the molecule is CCC1NC(C2CCCC2)N(CC(C)(C)N(C)C)C1=O. The van der Waals surface area contributed by atoms with Gasteiger partial charge < -0.3 is 9.80 Å². The Morgan fingerprint density at radius 2 is 1.90 bits per heavy atom. The minimum absolute atomic E-state index is 0.0107. The normalized spacial score (nSPS) is 28.9. The van der Waals surface area contributed by atoms with Gasteiger partial charge in [-0.3, -0.25) is 10.1 Å². The van der Waals surface area contributed by atoms with Crippen LogP contribution in [0, 0.1) is 5.92 Å². The van der Waals surface area contributed by atoms with E-state index in [0.29, 0.717) is 11.8 Å². The van der Waals surface area contributed by atoms with E-state index in [4.69, 9.17) is 0 Å². The molecule has 20 heavy (non-hydrogen) atoms. The number of nitrogens with one attached hydrogen (secondary N) is 1. The van der Waals surface area contributed by atoms with Crippen LogP contribution in [-0.4, -0.2) is 54.1 Å². The molecule has 0 aromatic heterocycles. The van der Waals surface area contributed by atoms with Crippen molar-refractivity contribution < 1.29 is 4.79 Å². The zero-order chi connectivity index (χ0) is 14.9. The second-order valence-electron chi connectivity index (χ2n) is 7.29. The molecular formula is C16H31N3O. The summed E-state index contributed by atoms with van der Waals surface area (Å²) in [4.78, 5) is 17.0. The van der Waals surface area contributed by atoms with Crippen LogP contribution in [0.2, 0.25) is 0 Å². The Morgan fingerprint density at radius 1 is 1.30 bits per heavy atom. The van der Waals surface area contributed by atoms with Crippen molar-refractivity contribution in [3.63, 3.8) is 0 Å². The summed E-state index contributed by atoms with van der Waals surface area (Å²) in [5.41, 5.74) is 0.0107. The van der Waals surface area contributed by atoms with Crippen LogP contribution in [0.15, 0.2) is 0 Å². The maximum atomic E-state index is 12.6. The molecule has 1 N–H and O–H groups in total. The topological polar surface area (TPSA) is 35.6 Å². The van der Waals surface area contributed by atoms with Gasteiger partial charge in [-0.15, -0.1) is 0 Å². The lowest BCUT2D eigenvalue weighted by Gasteiger charge is -2.39. The van der Waals surface area contributed by atoms with E-state index in [-0.39, 0.29) is 17.7 Å². The molecular weight excluding hydrogens is 250 g/mol. The minimum atomic E-state index is 0.0107. The molecule has 2 rings (SSSR count). The van der Waals surface area contributed by atoms with Gasteiger partial charge in [0.15, 0.2) is 0 Å². The molecule has 0 aromatic rings. The molecule has 2 aliphatic rings. The number of hydrogen-bond donors (Lipinski definition) is 1. The number of carbonyl (C=O) groups is 1. The molecule has 0 bridgehead atoms. The summed E-state index contributed by atoms with van der Waals surface area (Å²) in [5, 5.41) is 3.60. The van der Waals surface area contributed by atoms with E-state index in [2.05, 4.69) is 50.0 Å². The zero-order valence-corrected chi connectivity index (χ0v) is 13.8. The maximum Gasteiger partial charge on any atom is 0.241 e. The lowest BCUT2D eigenvalue weighted by atomic mass is 9.99. The molecule has 4 nitrogen and oxygen atoms in total. The highest BCUT2D eigenvalue weighted by molar-refractivity contribution is 5.84. The van der Waals surface area contributed by atoms with Crippen LogP contribution < -0.4 is 5.32 Å². The fourth-order valence-electron chi connectivity index (χ4n) is 3.40. The fourth-order valence-corrected chi connectivity index (χ4v) is 3.40. The van der Waals surface area contributed by atoms with Crippen LogP contribution in [0.25, 0.3) is 0 Å². The molecule has 116 valence electrons. The van der Waals surface area contributed by atoms with Gasteiger partial charge in [0.05, 0.1) is 12.2 Å². The van der Waals surface area contributed by atoms with Gasteiger partial charge in [-0.1, -0.05) is 19.8 Å². The second-order valence-corrected chi connectivity index (χ2v) is 7.29. The molecule has 1 aliphatic carbocycles. The highest BCUT2D eigenvalue weighted by Gasteiger charge is 2.44. The summed E-state index contributed by atoms with van der Waals surface area (Å²) in [6.45, 7) is 7.34. The van der Waals surface area contributed by atoms with E-state index in [1.54, 1.807) is 0 Å². The van der Waals surface area contributed by atoms with Crippen molar-refractivity contribution in [1.29, 1.82) is 0 Å². The monoisotopic (exact) mass is 281 g/mol. The van der Waals surface area contributed by atoms with Crippen LogP contribution in [0.4, 0.5) is 0 Å². The number of likely N-dealkylation sites (N-methyl/N-ethyl adjacent to an activating group) is 1. The predicted octanol–water partition coefficient (Wildman–Crippen LogP) is 2.05. The maximum absolute atomic E-state index is 12.6. The Bertz CT molecular complexity index is 348. The van der Waals surface area contributed by atoms with Crippen molar-refractivity contribution in [2.45, 2.75) is 70.6 Å². The third kappa shape index (κ3) is 3.01. The average molecular weight is 281 g/mol. The first-order valence-corrected chi connectivity index (χ1v) is 8.10. The highest BCUT2D eigenvalue weighted by Crippen LogP contribution is 2.33. The van der Waals surface area contributed by atoms with E-state index in [0.717, 1.165) is 13.0 Å². The standard InChI is InChI=1S/C16H31N3O/c1-6-13-15(20)19(11-16(2,3)18(4)5)14(17-13)12-9-7-8-10-12/h12-14,17H,6-11H2,1-5H3. The lowest BCUT2D eigenvalue weighted by Crippen LogP contribution is -2.53. The molecule has 0 aromatic carbocycles. The first-order chi connectivity index (χ1) is 9.36. The van der Waals surface area contributed by atoms with Gasteiger partial charge in [-0.25, -0.2) is 0 Å². The molecule has 1 saturated heterocycles. The Morgan fingerprint density at radius 3 is 2.40 bits per heavy atom. The van der Waals surface area contributed by atoms with E-state index < -0.39 is 0 Å². The number of carbonyl (C=O) groups excluding carboxylic acids is 1. The molecule has 1 amide bonds. The molecule has 4 heteroatoms. The molecule has 2 atom stereocenters. The quantitative estimate of drug-likeness (QED) is 0.838. The largest absolute Gasteiger partial charge is 0.324 e. The Balaban J connectivity index is 2.14. The van der Waals surface area contributed by atoms with E-state index in [9.17, 15) is 4.79 Å². The van der Waals surface area contributed by atoms with E-state index in [1.807, 2.05) is 0 Å². The van der Waals surface area contributed by atoms with Crippen molar-refractivity contribution >= 4 is 5.91 Å². The Kier molecular flexibility index (Phi) is 4.75. The fraction of sp³-hybridized carbons (Fsp3) is 0.938. The average Bonchev–Trinajstić information content (AvgIpc) is 2.99. The highest BCUT2D eigenvalue weighted by atomic mass is 16.2. The molecule has 0 radical (unpaired) electrons. The summed E-state index contributed by atoms with van der Waals surface area (Å²) in [5.74, 6) is 0.952. The van der Waals surface area contributed by atoms with Crippen LogP contribution in [0.1, 0.15) is 52.9 Å². The Labute approximate surface area is 123 Å². The summed E-state index contributed by atoms with van der Waals surface area (Å²) in [7, 11) is 4.19. The molecule has 0 spiro atoms. The predicted molar refractivity (Wildman–Crippen MR) is 82.4 cm³/mol. The second kappa shape index (κ2) is 6.02. The molecule has 1 heterocycles. The van der Waals surface area contributed by atoms with Crippen LogP contribution >= 0.6 is 0 Å². The number of hydrogen-bond acceptors (Lipinski definition) is 3. The van der Waals surface area contributed by atoms with Crippen LogP contribution in [0.3, 0.4) is 0 Å². The molecule has 1 aliphatic heterocycles. The molecule has 2 unspecified atom stereocenters. The number of amides is 1. The summed E-state index contributed by atoms with van der Waals surface area (Å²) >= 11 is 0. The van der Waals surface area contributed by atoms with E-state index >= 15 is 0 Å².